The van der Waals surface area contributed by atoms with Crippen LogP contribution < -0.4 is 10.6 Å². The molecule has 1 aromatic heterocycles. The van der Waals surface area contributed by atoms with Crippen molar-refractivity contribution < 1.29 is 4.92 Å². The maximum absolute atomic E-state index is 11.1. The summed E-state index contributed by atoms with van der Waals surface area (Å²) < 4.78 is 1.59. The van der Waals surface area contributed by atoms with Crippen LogP contribution in [0.15, 0.2) is 0 Å². The van der Waals surface area contributed by atoms with E-state index in [1.165, 1.54) is 0 Å². The van der Waals surface area contributed by atoms with Gasteiger partial charge in [0.25, 0.3) is 0 Å². The van der Waals surface area contributed by atoms with Crippen molar-refractivity contribution in [1.29, 1.82) is 0 Å². The fourth-order valence-electron chi connectivity index (χ4n) is 2.61. The van der Waals surface area contributed by atoms with Gasteiger partial charge < -0.3 is 10.6 Å². The first kappa shape index (κ1) is 12.8. The molecule has 1 aromatic rings. The van der Waals surface area contributed by atoms with E-state index in [9.17, 15) is 10.1 Å². The van der Waals surface area contributed by atoms with Gasteiger partial charge in [-0.3, -0.25) is 10.1 Å². The molecule has 7 nitrogen and oxygen atoms in total. The summed E-state index contributed by atoms with van der Waals surface area (Å²) in [5.74, 6) is 0.987. The summed E-state index contributed by atoms with van der Waals surface area (Å²) in [4.78, 5) is 12.8. The van der Waals surface area contributed by atoms with Crippen LogP contribution in [-0.4, -0.2) is 33.8 Å². The van der Waals surface area contributed by atoms with Crippen molar-refractivity contribution in [2.75, 3.05) is 18.0 Å². The minimum atomic E-state index is -0.350. The number of anilines is 1. The van der Waals surface area contributed by atoms with E-state index < -0.39 is 0 Å². The van der Waals surface area contributed by atoms with Crippen LogP contribution in [0.1, 0.15) is 19.0 Å². The van der Waals surface area contributed by atoms with Crippen LogP contribution in [0.3, 0.4) is 0 Å². The predicted molar refractivity (Wildman–Crippen MR) is 68.6 cm³/mol. The lowest BCUT2D eigenvalue weighted by Crippen LogP contribution is -2.30. The minimum Gasteiger partial charge on any atom is -0.351 e. The van der Waals surface area contributed by atoms with E-state index in [2.05, 4.69) is 5.10 Å². The molecule has 1 aliphatic rings. The smallest absolute Gasteiger partial charge is 0.333 e. The summed E-state index contributed by atoms with van der Waals surface area (Å²) in [6.45, 7) is 5.21. The van der Waals surface area contributed by atoms with Gasteiger partial charge in [-0.05, 0) is 26.2 Å². The average molecular weight is 253 g/mol. The number of aryl methyl sites for hydroxylation is 2. The predicted octanol–water partition coefficient (Wildman–Crippen LogP) is 0.810. The molecule has 1 fully saturated rings. The van der Waals surface area contributed by atoms with Gasteiger partial charge in [-0.1, -0.05) is 0 Å². The Balaban J connectivity index is 2.32. The van der Waals surface area contributed by atoms with Crippen molar-refractivity contribution in [1.82, 2.24) is 9.78 Å². The topological polar surface area (TPSA) is 90.2 Å². The van der Waals surface area contributed by atoms with Crippen LogP contribution in [-0.2, 0) is 7.05 Å². The minimum absolute atomic E-state index is 0.114. The molecule has 100 valence electrons. The second kappa shape index (κ2) is 4.56. The van der Waals surface area contributed by atoms with Crippen molar-refractivity contribution in [3.05, 3.63) is 15.8 Å². The maximum atomic E-state index is 11.1. The van der Waals surface area contributed by atoms with Gasteiger partial charge in [-0.2, -0.15) is 5.10 Å². The number of nitrogens with two attached hydrogens (primary N) is 1. The molecule has 0 saturated carbocycles. The SMILES string of the molecule is Cc1nn(C)c(N2CCC(C(C)N)C2)c1[N+](=O)[O-]. The molecule has 0 spiro atoms. The summed E-state index contributed by atoms with van der Waals surface area (Å²) in [6, 6.07) is 0.114. The summed E-state index contributed by atoms with van der Waals surface area (Å²) in [5.41, 5.74) is 6.47. The maximum Gasteiger partial charge on any atom is 0.333 e. The molecule has 2 N–H and O–H groups in total. The Bertz CT molecular complexity index is 468. The Morgan fingerprint density at radius 1 is 1.61 bits per heavy atom. The van der Waals surface area contributed by atoms with Gasteiger partial charge in [0.1, 0.15) is 5.69 Å². The highest BCUT2D eigenvalue weighted by Gasteiger charge is 2.33. The van der Waals surface area contributed by atoms with Gasteiger partial charge in [0, 0.05) is 26.2 Å². The summed E-state index contributed by atoms with van der Waals surface area (Å²) >= 11 is 0. The number of aromatic nitrogens is 2. The van der Waals surface area contributed by atoms with E-state index in [1.807, 2.05) is 11.8 Å². The van der Waals surface area contributed by atoms with Crippen molar-refractivity contribution in [2.45, 2.75) is 26.3 Å². The Morgan fingerprint density at radius 3 is 2.78 bits per heavy atom. The number of rotatable bonds is 3. The lowest BCUT2D eigenvalue weighted by molar-refractivity contribution is -0.384. The largest absolute Gasteiger partial charge is 0.351 e. The molecular weight excluding hydrogens is 234 g/mol. The molecule has 2 rings (SSSR count). The van der Waals surface area contributed by atoms with E-state index in [-0.39, 0.29) is 16.7 Å². The van der Waals surface area contributed by atoms with Gasteiger partial charge in [0.15, 0.2) is 0 Å². The first-order valence-electron chi connectivity index (χ1n) is 6.10. The molecule has 0 aliphatic carbocycles. The van der Waals surface area contributed by atoms with Crippen LogP contribution in [0.4, 0.5) is 11.5 Å². The molecular formula is C11H19N5O2. The van der Waals surface area contributed by atoms with Crippen molar-refractivity contribution in [2.24, 2.45) is 18.7 Å². The fourth-order valence-corrected chi connectivity index (χ4v) is 2.61. The first-order chi connectivity index (χ1) is 8.41. The molecule has 2 heterocycles. The van der Waals surface area contributed by atoms with E-state index in [0.717, 1.165) is 19.5 Å². The zero-order valence-electron chi connectivity index (χ0n) is 11.0. The van der Waals surface area contributed by atoms with Crippen LogP contribution in [0.5, 0.6) is 0 Å². The molecule has 1 aliphatic heterocycles. The van der Waals surface area contributed by atoms with Gasteiger partial charge in [-0.25, -0.2) is 4.68 Å². The standard InChI is InChI=1S/C11H19N5O2/c1-7(12)9-4-5-15(6-9)11-10(16(17)18)8(2)13-14(11)3/h7,9H,4-6,12H2,1-3H3. The van der Waals surface area contributed by atoms with Crippen LogP contribution >= 0.6 is 0 Å². The second-order valence-electron chi connectivity index (χ2n) is 4.99. The quantitative estimate of drug-likeness (QED) is 0.636. The molecule has 2 atom stereocenters. The molecule has 7 heteroatoms. The summed E-state index contributed by atoms with van der Waals surface area (Å²) in [5, 5.41) is 15.3. The molecule has 2 unspecified atom stereocenters. The third-order valence-corrected chi connectivity index (χ3v) is 3.61. The molecule has 0 bridgehead atoms. The van der Waals surface area contributed by atoms with Gasteiger partial charge >= 0.3 is 5.69 Å². The highest BCUT2D eigenvalue weighted by Crippen LogP contribution is 2.34. The molecule has 1 saturated heterocycles. The van der Waals surface area contributed by atoms with Gasteiger partial charge in [0.2, 0.25) is 5.82 Å². The van der Waals surface area contributed by atoms with Gasteiger partial charge in [-0.15, -0.1) is 0 Å². The number of hydrogen-bond acceptors (Lipinski definition) is 5. The van der Waals surface area contributed by atoms with Crippen molar-refractivity contribution in [3.63, 3.8) is 0 Å². The zero-order valence-corrected chi connectivity index (χ0v) is 11.0. The van der Waals surface area contributed by atoms with Crippen molar-refractivity contribution >= 4 is 11.5 Å². The lowest BCUT2D eigenvalue weighted by Gasteiger charge is -2.19. The average Bonchev–Trinajstić information content (AvgIpc) is 2.81. The van der Waals surface area contributed by atoms with E-state index in [0.29, 0.717) is 17.4 Å². The Kier molecular flexibility index (Phi) is 3.25. The van der Waals surface area contributed by atoms with E-state index in [4.69, 9.17) is 5.73 Å². The number of nitro groups is 1. The fraction of sp³-hybridized carbons (Fsp3) is 0.727. The van der Waals surface area contributed by atoms with Crippen LogP contribution in [0, 0.1) is 23.0 Å². The molecule has 0 aromatic carbocycles. The Morgan fingerprint density at radius 2 is 2.28 bits per heavy atom. The van der Waals surface area contributed by atoms with Crippen molar-refractivity contribution in [3.8, 4) is 0 Å². The van der Waals surface area contributed by atoms with E-state index in [1.54, 1.807) is 18.7 Å². The Labute approximate surface area is 106 Å². The molecule has 0 radical (unpaired) electrons. The first-order valence-corrected chi connectivity index (χ1v) is 6.10. The van der Waals surface area contributed by atoms with Gasteiger partial charge in [0.05, 0.1) is 4.92 Å². The zero-order chi connectivity index (χ0) is 13.4. The normalized spacial score (nSPS) is 21.3. The third-order valence-electron chi connectivity index (χ3n) is 3.61. The summed E-state index contributed by atoms with van der Waals surface area (Å²) in [6.07, 6.45) is 0.971. The van der Waals surface area contributed by atoms with Crippen LogP contribution in [0.2, 0.25) is 0 Å². The molecule has 18 heavy (non-hydrogen) atoms. The number of nitrogens with zero attached hydrogens (tertiary/aromatic N) is 4. The van der Waals surface area contributed by atoms with Crippen LogP contribution in [0.25, 0.3) is 0 Å². The third kappa shape index (κ3) is 2.05. The van der Waals surface area contributed by atoms with E-state index >= 15 is 0 Å². The second-order valence-corrected chi connectivity index (χ2v) is 4.99. The summed E-state index contributed by atoms with van der Waals surface area (Å²) in [7, 11) is 1.74. The molecule has 0 amide bonds. The number of hydrogen-bond donors (Lipinski definition) is 1. The monoisotopic (exact) mass is 253 g/mol. The lowest BCUT2D eigenvalue weighted by atomic mass is 10.0. The Hall–Kier alpha value is -1.63. The highest BCUT2D eigenvalue weighted by molar-refractivity contribution is 5.61. The highest BCUT2D eigenvalue weighted by atomic mass is 16.6.